The molecule has 0 bridgehead atoms. The van der Waals surface area contributed by atoms with Crippen LogP contribution < -0.4 is 0 Å². The van der Waals surface area contributed by atoms with Crippen LogP contribution >= 0.6 is 0 Å². The smallest absolute Gasteiger partial charge is 0.337 e. The van der Waals surface area contributed by atoms with E-state index in [-0.39, 0.29) is 6.10 Å². The minimum Gasteiger partial charge on any atom is -0.478 e. The van der Waals surface area contributed by atoms with E-state index in [1.54, 1.807) is 6.07 Å². The van der Waals surface area contributed by atoms with Crippen LogP contribution in [-0.2, 0) is 11.3 Å². The quantitative estimate of drug-likeness (QED) is 0.836. The average Bonchev–Trinajstić information content (AvgIpc) is 2.44. The lowest BCUT2D eigenvalue weighted by Gasteiger charge is -2.11. The van der Waals surface area contributed by atoms with Crippen LogP contribution in [0.5, 0.6) is 0 Å². The number of carboxylic acids is 1. The van der Waals surface area contributed by atoms with E-state index in [0.717, 1.165) is 11.4 Å². The van der Waals surface area contributed by atoms with Gasteiger partial charge in [0.05, 0.1) is 18.3 Å². The van der Waals surface area contributed by atoms with Crippen molar-refractivity contribution in [2.45, 2.75) is 40.3 Å². The number of rotatable bonds is 5. The van der Waals surface area contributed by atoms with Gasteiger partial charge in [0.15, 0.2) is 0 Å². The maximum atomic E-state index is 10.9. The van der Waals surface area contributed by atoms with Gasteiger partial charge in [0.25, 0.3) is 0 Å². The number of aromatic carboxylic acids is 1. The van der Waals surface area contributed by atoms with Crippen LogP contribution in [0.25, 0.3) is 0 Å². The summed E-state index contributed by atoms with van der Waals surface area (Å²) in [6.45, 7) is 9.01. The Labute approximate surface area is 95.8 Å². The van der Waals surface area contributed by atoms with E-state index in [4.69, 9.17) is 9.84 Å². The zero-order chi connectivity index (χ0) is 12.3. The second-order valence-corrected chi connectivity index (χ2v) is 4.16. The molecule has 4 heteroatoms. The number of aromatic nitrogens is 1. The van der Waals surface area contributed by atoms with Gasteiger partial charge in [-0.1, -0.05) is 0 Å². The second kappa shape index (κ2) is 5.16. The number of carboxylic acid groups (broad SMARTS) is 1. The lowest BCUT2D eigenvalue weighted by molar-refractivity contribution is 0.0687. The first-order valence-corrected chi connectivity index (χ1v) is 5.45. The van der Waals surface area contributed by atoms with Gasteiger partial charge in [-0.2, -0.15) is 0 Å². The van der Waals surface area contributed by atoms with E-state index in [1.165, 1.54) is 0 Å². The summed E-state index contributed by atoms with van der Waals surface area (Å²) in [5, 5.41) is 8.97. The first-order chi connectivity index (χ1) is 7.43. The normalized spacial score (nSPS) is 11.1. The molecule has 90 valence electrons. The van der Waals surface area contributed by atoms with E-state index < -0.39 is 5.97 Å². The Kier molecular flexibility index (Phi) is 4.12. The molecule has 1 aromatic rings. The SMILES string of the molecule is Cc1cc(C(=O)O)c(C)n1CCOC(C)C. The van der Waals surface area contributed by atoms with Crippen LogP contribution in [-0.4, -0.2) is 28.4 Å². The third-order valence-corrected chi connectivity index (χ3v) is 2.57. The monoisotopic (exact) mass is 225 g/mol. The molecular weight excluding hydrogens is 206 g/mol. The molecule has 1 heterocycles. The van der Waals surface area contributed by atoms with E-state index in [9.17, 15) is 4.79 Å². The Morgan fingerprint density at radius 3 is 2.56 bits per heavy atom. The number of aryl methyl sites for hydroxylation is 1. The Balaban J connectivity index is 2.76. The van der Waals surface area contributed by atoms with Crippen molar-refractivity contribution < 1.29 is 14.6 Å². The van der Waals surface area contributed by atoms with Crippen LogP contribution in [0.15, 0.2) is 6.07 Å². The van der Waals surface area contributed by atoms with Gasteiger partial charge in [-0.05, 0) is 33.8 Å². The molecule has 0 fully saturated rings. The van der Waals surface area contributed by atoms with Crippen LogP contribution in [0.2, 0.25) is 0 Å². The average molecular weight is 225 g/mol. The Bertz CT molecular complexity index is 380. The van der Waals surface area contributed by atoms with Crippen molar-refractivity contribution >= 4 is 5.97 Å². The molecule has 0 saturated carbocycles. The van der Waals surface area contributed by atoms with Crippen molar-refractivity contribution in [2.24, 2.45) is 0 Å². The minimum atomic E-state index is -0.871. The van der Waals surface area contributed by atoms with Gasteiger partial charge < -0.3 is 14.4 Å². The maximum Gasteiger partial charge on any atom is 0.337 e. The summed E-state index contributed by atoms with van der Waals surface area (Å²) in [6, 6.07) is 1.70. The molecule has 0 aromatic carbocycles. The van der Waals surface area contributed by atoms with Crippen molar-refractivity contribution in [3.63, 3.8) is 0 Å². The molecule has 1 aromatic heterocycles. The molecule has 0 radical (unpaired) electrons. The summed E-state index contributed by atoms with van der Waals surface area (Å²) in [5.74, 6) is -0.871. The van der Waals surface area contributed by atoms with Crippen molar-refractivity contribution in [2.75, 3.05) is 6.61 Å². The topological polar surface area (TPSA) is 51.5 Å². The number of hydrogen-bond donors (Lipinski definition) is 1. The zero-order valence-electron chi connectivity index (χ0n) is 10.3. The first kappa shape index (κ1) is 12.8. The van der Waals surface area contributed by atoms with E-state index in [2.05, 4.69) is 0 Å². The van der Waals surface area contributed by atoms with Crippen molar-refractivity contribution in [1.82, 2.24) is 4.57 Å². The highest BCUT2D eigenvalue weighted by atomic mass is 16.5. The Hall–Kier alpha value is -1.29. The van der Waals surface area contributed by atoms with Crippen LogP contribution in [0.1, 0.15) is 35.6 Å². The van der Waals surface area contributed by atoms with Gasteiger partial charge in [0, 0.05) is 17.9 Å². The fourth-order valence-electron chi connectivity index (χ4n) is 1.74. The number of carbonyl (C=O) groups is 1. The van der Waals surface area contributed by atoms with Gasteiger partial charge >= 0.3 is 5.97 Å². The molecule has 16 heavy (non-hydrogen) atoms. The summed E-state index contributed by atoms with van der Waals surface area (Å²) in [4.78, 5) is 10.9. The fraction of sp³-hybridized carbons (Fsp3) is 0.583. The largest absolute Gasteiger partial charge is 0.478 e. The highest BCUT2D eigenvalue weighted by Gasteiger charge is 2.14. The molecule has 4 nitrogen and oxygen atoms in total. The molecule has 1 N–H and O–H groups in total. The summed E-state index contributed by atoms with van der Waals surface area (Å²) in [5.41, 5.74) is 2.13. The van der Waals surface area contributed by atoms with Gasteiger partial charge in [-0.25, -0.2) is 4.79 Å². The van der Waals surface area contributed by atoms with Crippen molar-refractivity contribution in [3.05, 3.63) is 23.0 Å². The minimum absolute atomic E-state index is 0.204. The molecular formula is C12H19NO3. The fourth-order valence-corrected chi connectivity index (χ4v) is 1.74. The van der Waals surface area contributed by atoms with Crippen molar-refractivity contribution in [3.8, 4) is 0 Å². The van der Waals surface area contributed by atoms with Gasteiger partial charge in [0.1, 0.15) is 0 Å². The van der Waals surface area contributed by atoms with Gasteiger partial charge in [0.2, 0.25) is 0 Å². The molecule has 0 amide bonds. The maximum absolute atomic E-state index is 10.9. The lowest BCUT2D eigenvalue weighted by atomic mass is 10.2. The van der Waals surface area contributed by atoms with E-state index in [0.29, 0.717) is 18.7 Å². The number of nitrogens with zero attached hydrogens (tertiary/aromatic N) is 1. The standard InChI is InChI=1S/C12H19NO3/c1-8(2)16-6-5-13-9(3)7-11(10(13)4)12(14)15/h7-8H,5-6H2,1-4H3,(H,14,15). The summed E-state index contributed by atoms with van der Waals surface area (Å²) >= 11 is 0. The van der Waals surface area contributed by atoms with E-state index in [1.807, 2.05) is 32.3 Å². The summed E-state index contributed by atoms with van der Waals surface area (Å²) < 4.78 is 7.44. The lowest BCUT2D eigenvalue weighted by Crippen LogP contribution is -2.12. The molecule has 0 unspecified atom stereocenters. The number of ether oxygens (including phenoxy) is 1. The van der Waals surface area contributed by atoms with E-state index >= 15 is 0 Å². The second-order valence-electron chi connectivity index (χ2n) is 4.16. The van der Waals surface area contributed by atoms with Crippen LogP contribution in [0, 0.1) is 13.8 Å². The summed E-state index contributed by atoms with van der Waals surface area (Å²) in [7, 11) is 0. The van der Waals surface area contributed by atoms with Gasteiger partial charge in [-0.3, -0.25) is 0 Å². The Morgan fingerprint density at radius 2 is 2.12 bits per heavy atom. The molecule has 0 saturated heterocycles. The molecule has 0 aliphatic heterocycles. The summed E-state index contributed by atoms with van der Waals surface area (Å²) in [6.07, 6.45) is 0.204. The van der Waals surface area contributed by atoms with Crippen LogP contribution in [0.4, 0.5) is 0 Å². The highest BCUT2D eigenvalue weighted by molar-refractivity contribution is 5.89. The Morgan fingerprint density at radius 1 is 1.50 bits per heavy atom. The number of hydrogen-bond acceptors (Lipinski definition) is 2. The van der Waals surface area contributed by atoms with Crippen molar-refractivity contribution in [1.29, 1.82) is 0 Å². The molecule has 0 aliphatic rings. The third-order valence-electron chi connectivity index (χ3n) is 2.57. The zero-order valence-corrected chi connectivity index (χ0v) is 10.3. The molecule has 0 aliphatic carbocycles. The highest BCUT2D eigenvalue weighted by Crippen LogP contribution is 2.14. The predicted molar refractivity (Wildman–Crippen MR) is 62.0 cm³/mol. The third kappa shape index (κ3) is 2.85. The molecule has 1 rings (SSSR count). The molecule has 0 atom stereocenters. The molecule has 0 spiro atoms. The van der Waals surface area contributed by atoms with Crippen LogP contribution in [0.3, 0.4) is 0 Å². The van der Waals surface area contributed by atoms with Gasteiger partial charge in [-0.15, -0.1) is 0 Å². The first-order valence-electron chi connectivity index (χ1n) is 5.45. The predicted octanol–water partition coefficient (Wildman–Crippen LogP) is 2.23.